The summed E-state index contributed by atoms with van der Waals surface area (Å²) in [6.07, 6.45) is 0. The third-order valence-electron chi connectivity index (χ3n) is 12.6. The fourth-order valence-electron chi connectivity index (χ4n) is 9.94. The first-order chi connectivity index (χ1) is 29.6. The van der Waals surface area contributed by atoms with Gasteiger partial charge < -0.3 is 13.7 Å². The van der Waals surface area contributed by atoms with Crippen molar-refractivity contribution in [2.45, 2.75) is 41.5 Å². The zero-order valence-corrected chi connectivity index (χ0v) is 35.0. The maximum Gasteiger partial charge on any atom is 0.102 e. The fourth-order valence-corrected chi connectivity index (χ4v) is 9.94. The second-order valence-electron chi connectivity index (χ2n) is 16.9. The Balaban J connectivity index is 1.51. The van der Waals surface area contributed by atoms with Gasteiger partial charge in [-0.15, -0.1) is 0 Å². The van der Waals surface area contributed by atoms with Gasteiger partial charge in [-0.3, -0.25) is 0 Å². The molecule has 11 aromatic rings. The van der Waals surface area contributed by atoms with Crippen molar-refractivity contribution in [3.63, 3.8) is 0 Å². The van der Waals surface area contributed by atoms with Gasteiger partial charge in [-0.1, -0.05) is 100 Å². The smallest absolute Gasteiger partial charge is 0.102 e. The van der Waals surface area contributed by atoms with E-state index >= 15 is 0 Å². The maximum absolute atomic E-state index is 11.9. The average molecular weight is 784 g/mol. The summed E-state index contributed by atoms with van der Waals surface area (Å²) in [6.45, 7) is 12.8. The highest BCUT2D eigenvalue weighted by atomic mass is 15.1. The number of nitrogens with zero attached hydrogens (tertiary/aromatic N) is 5. The van der Waals surface area contributed by atoms with Crippen LogP contribution in [0.1, 0.15) is 44.5 Å². The van der Waals surface area contributed by atoms with E-state index < -0.39 is 0 Å². The number of rotatable bonds is 4. The van der Waals surface area contributed by atoms with E-state index in [1.807, 2.05) is 30.3 Å². The summed E-state index contributed by atoms with van der Waals surface area (Å²) in [5.41, 5.74) is 17.3. The monoisotopic (exact) mass is 783 g/mol. The van der Waals surface area contributed by atoms with Crippen molar-refractivity contribution >= 4 is 65.4 Å². The first-order valence-electron chi connectivity index (χ1n) is 20.8. The molecule has 5 heteroatoms. The number of hydrogen-bond acceptors (Lipinski definition) is 2. The Morgan fingerprint density at radius 3 is 0.852 bits per heavy atom. The minimum absolute atomic E-state index is 0.433. The van der Waals surface area contributed by atoms with Gasteiger partial charge in [0.15, 0.2) is 0 Å². The topological polar surface area (TPSA) is 62.4 Å². The molecule has 3 aromatic heterocycles. The van der Waals surface area contributed by atoms with Crippen molar-refractivity contribution in [2.24, 2.45) is 0 Å². The second-order valence-corrected chi connectivity index (χ2v) is 16.9. The van der Waals surface area contributed by atoms with E-state index in [0.717, 1.165) is 121 Å². The zero-order chi connectivity index (χ0) is 41.8. The molecule has 0 unspecified atom stereocenters. The van der Waals surface area contributed by atoms with Crippen LogP contribution in [0.4, 0.5) is 0 Å². The van der Waals surface area contributed by atoms with Crippen LogP contribution in [0.25, 0.3) is 93.6 Å². The lowest BCUT2D eigenvalue weighted by atomic mass is 9.90. The molecule has 0 saturated heterocycles. The summed E-state index contributed by atoms with van der Waals surface area (Å²) in [4.78, 5) is 0. The van der Waals surface area contributed by atoms with Crippen LogP contribution in [0, 0.1) is 64.2 Å². The molecular weight excluding hydrogens is 743 g/mol. The molecular formula is C56H41N5. The zero-order valence-electron chi connectivity index (χ0n) is 35.0. The standard InChI is InChI=1S/C56H41N5/c1-32-12-18-47-39(24-32)40-25-33(2)13-19-48(40)59(47)54-45(30-57)53(38-10-8-7-9-11-38)46(31-58)55(60-49-20-14-34(3)26-41(49)42-27-35(4)15-21-50(42)60)56(54)61-51-22-16-36(5)28-43(51)44-29-37(6)17-23-52(44)61/h7-29H,1-6H3. The first-order valence-corrected chi connectivity index (χ1v) is 20.8. The van der Waals surface area contributed by atoms with E-state index in [1.54, 1.807) is 0 Å². The van der Waals surface area contributed by atoms with Crippen LogP contribution in [-0.2, 0) is 0 Å². The maximum atomic E-state index is 11.9. The van der Waals surface area contributed by atoms with Gasteiger partial charge in [-0.25, -0.2) is 0 Å². The molecule has 0 aliphatic rings. The summed E-state index contributed by atoms with van der Waals surface area (Å²) in [6, 6.07) is 55.2. The van der Waals surface area contributed by atoms with Crippen LogP contribution in [0.5, 0.6) is 0 Å². The second kappa shape index (κ2) is 13.3. The van der Waals surface area contributed by atoms with Crippen LogP contribution >= 0.6 is 0 Å². The average Bonchev–Trinajstić information content (AvgIpc) is 3.86. The molecule has 290 valence electrons. The third-order valence-corrected chi connectivity index (χ3v) is 12.6. The summed E-state index contributed by atoms with van der Waals surface area (Å²) in [7, 11) is 0. The molecule has 0 amide bonds. The molecule has 0 spiro atoms. The van der Waals surface area contributed by atoms with Gasteiger partial charge in [-0.2, -0.15) is 10.5 Å². The molecule has 61 heavy (non-hydrogen) atoms. The molecule has 0 aliphatic carbocycles. The third kappa shape index (κ3) is 5.24. The molecule has 0 radical (unpaired) electrons. The van der Waals surface area contributed by atoms with Gasteiger partial charge in [0.25, 0.3) is 0 Å². The van der Waals surface area contributed by atoms with Crippen molar-refractivity contribution < 1.29 is 0 Å². The van der Waals surface area contributed by atoms with Crippen molar-refractivity contribution in [1.82, 2.24) is 13.7 Å². The number of benzene rings is 8. The summed E-state index contributed by atoms with van der Waals surface area (Å²) >= 11 is 0. The van der Waals surface area contributed by atoms with E-state index in [1.165, 1.54) is 0 Å². The molecule has 0 saturated carbocycles. The summed E-state index contributed by atoms with van der Waals surface area (Å²) in [5.74, 6) is 0. The van der Waals surface area contributed by atoms with Crippen LogP contribution in [0.2, 0.25) is 0 Å². The highest BCUT2D eigenvalue weighted by Gasteiger charge is 2.33. The molecule has 0 N–H and O–H groups in total. The highest BCUT2D eigenvalue weighted by Crippen LogP contribution is 2.49. The Hall–Kier alpha value is -7.86. The Bertz CT molecular complexity index is 3440. The van der Waals surface area contributed by atoms with Crippen LogP contribution in [0.15, 0.2) is 140 Å². The lowest BCUT2D eigenvalue weighted by Crippen LogP contribution is -2.15. The minimum Gasteiger partial charge on any atom is -0.306 e. The number of hydrogen-bond donors (Lipinski definition) is 0. The van der Waals surface area contributed by atoms with E-state index in [9.17, 15) is 10.5 Å². The molecule has 0 fully saturated rings. The SMILES string of the molecule is Cc1ccc2c(c1)c1cc(C)ccc1n2-c1c(C#N)c(-c2ccccc2)c(C#N)c(-n2c3ccc(C)cc3c3cc(C)ccc32)c1-n1c2ccc(C)cc2c2cc(C)ccc21. The van der Waals surface area contributed by atoms with E-state index in [2.05, 4.69) is 177 Å². The van der Waals surface area contributed by atoms with Gasteiger partial charge >= 0.3 is 0 Å². The predicted octanol–water partition coefficient (Wildman–Crippen LogP) is 14.2. The van der Waals surface area contributed by atoms with E-state index in [4.69, 9.17) is 0 Å². The normalized spacial score (nSPS) is 11.7. The number of aromatic nitrogens is 3. The van der Waals surface area contributed by atoms with E-state index in [-0.39, 0.29) is 0 Å². The Morgan fingerprint density at radius 1 is 0.328 bits per heavy atom. The van der Waals surface area contributed by atoms with Crippen molar-refractivity contribution in [3.8, 4) is 40.3 Å². The van der Waals surface area contributed by atoms with Gasteiger partial charge in [0.05, 0.1) is 61.3 Å². The largest absolute Gasteiger partial charge is 0.306 e. The molecule has 8 aromatic carbocycles. The molecule has 3 heterocycles. The van der Waals surface area contributed by atoms with E-state index in [0.29, 0.717) is 16.7 Å². The molecule has 0 atom stereocenters. The fraction of sp³-hybridized carbons (Fsp3) is 0.107. The van der Waals surface area contributed by atoms with Crippen molar-refractivity contribution in [1.29, 1.82) is 10.5 Å². The van der Waals surface area contributed by atoms with Crippen molar-refractivity contribution in [2.75, 3.05) is 0 Å². The quantitative estimate of drug-likeness (QED) is 0.178. The van der Waals surface area contributed by atoms with Crippen LogP contribution < -0.4 is 0 Å². The highest BCUT2D eigenvalue weighted by molar-refractivity contribution is 6.15. The number of nitriles is 2. The van der Waals surface area contributed by atoms with Gasteiger partial charge in [0.1, 0.15) is 12.1 Å². The summed E-state index contributed by atoms with van der Waals surface area (Å²) in [5, 5.41) is 30.4. The Labute approximate surface area is 354 Å². The molecule has 5 nitrogen and oxygen atoms in total. The lowest BCUT2D eigenvalue weighted by molar-refractivity contribution is 1.04. The van der Waals surface area contributed by atoms with Crippen LogP contribution in [-0.4, -0.2) is 13.7 Å². The predicted molar refractivity (Wildman–Crippen MR) is 253 cm³/mol. The van der Waals surface area contributed by atoms with Gasteiger partial charge in [-0.05, 0) is 120 Å². The molecule has 0 aliphatic heterocycles. The Kier molecular flexibility index (Phi) is 7.92. The molecule has 0 bridgehead atoms. The van der Waals surface area contributed by atoms with Crippen LogP contribution in [0.3, 0.4) is 0 Å². The molecule has 11 rings (SSSR count). The van der Waals surface area contributed by atoms with Gasteiger partial charge in [0.2, 0.25) is 0 Å². The minimum atomic E-state index is 0.433. The summed E-state index contributed by atoms with van der Waals surface area (Å²) < 4.78 is 6.94. The lowest BCUT2D eigenvalue weighted by Gasteiger charge is -2.26. The number of fused-ring (bicyclic) bond motifs is 9. The first kappa shape index (κ1) is 36.2. The van der Waals surface area contributed by atoms with Gasteiger partial charge in [0, 0.05) is 37.9 Å². The number of aryl methyl sites for hydroxylation is 6. The van der Waals surface area contributed by atoms with Crippen molar-refractivity contribution in [3.05, 3.63) is 184 Å². The Morgan fingerprint density at radius 2 is 0.590 bits per heavy atom.